The van der Waals surface area contributed by atoms with Gasteiger partial charge in [-0.1, -0.05) is 11.6 Å². The third-order valence-corrected chi connectivity index (χ3v) is 2.01. The molecule has 0 aliphatic rings. The summed E-state index contributed by atoms with van der Waals surface area (Å²) in [6.45, 7) is -0.0831. The number of methoxy groups -OCH3 is 1. The van der Waals surface area contributed by atoms with E-state index in [0.717, 1.165) is 0 Å². The van der Waals surface area contributed by atoms with Gasteiger partial charge in [-0.05, 0) is 17.7 Å². The van der Waals surface area contributed by atoms with E-state index >= 15 is 0 Å². The largest absolute Gasteiger partial charge is 0.392 e. The predicted molar refractivity (Wildman–Crippen MR) is 48.0 cm³/mol. The van der Waals surface area contributed by atoms with Crippen LogP contribution in [-0.2, 0) is 18.0 Å². The number of benzene rings is 1. The first-order valence-electron chi connectivity index (χ1n) is 3.75. The molecule has 0 aliphatic heterocycles. The Kier molecular flexibility index (Phi) is 3.66. The molecule has 72 valence electrons. The number of hydrogen-bond donors (Lipinski definition) is 1. The van der Waals surface area contributed by atoms with Gasteiger partial charge >= 0.3 is 0 Å². The second kappa shape index (κ2) is 4.56. The molecule has 0 heterocycles. The monoisotopic (exact) mass is 204 g/mol. The lowest BCUT2D eigenvalue weighted by atomic mass is 10.1. The van der Waals surface area contributed by atoms with Gasteiger partial charge in [0.25, 0.3) is 0 Å². The van der Waals surface area contributed by atoms with E-state index in [4.69, 9.17) is 21.4 Å². The van der Waals surface area contributed by atoms with Crippen molar-refractivity contribution in [3.05, 3.63) is 34.1 Å². The summed E-state index contributed by atoms with van der Waals surface area (Å²) in [6, 6.07) is 2.78. The molecule has 0 aromatic heterocycles. The number of rotatable bonds is 3. The Morgan fingerprint density at radius 3 is 2.69 bits per heavy atom. The van der Waals surface area contributed by atoms with Crippen LogP contribution in [-0.4, -0.2) is 12.2 Å². The van der Waals surface area contributed by atoms with Gasteiger partial charge in [-0.25, -0.2) is 4.39 Å². The van der Waals surface area contributed by atoms with Crippen LogP contribution in [0.25, 0.3) is 0 Å². The lowest BCUT2D eigenvalue weighted by Gasteiger charge is -2.06. The molecule has 1 N–H and O–H groups in total. The van der Waals surface area contributed by atoms with Crippen molar-refractivity contribution in [2.24, 2.45) is 0 Å². The van der Waals surface area contributed by atoms with E-state index in [9.17, 15) is 4.39 Å². The zero-order valence-corrected chi connectivity index (χ0v) is 7.94. The lowest BCUT2D eigenvalue weighted by Crippen LogP contribution is -1.96. The van der Waals surface area contributed by atoms with Crippen LogP contribution in [0.15, 0.2) is 12.1 Å². The Morgan fingerprint density at radius 1 is 1.54 bits per heavy atom. The summed E-state index contributed by atoms with van der Waals surface area (Å²) < 4.78 is 18.0. The molecular weight excluding hydrogens is 195 g/mol. The van der Waals surface area contributed by atoms with Gasteiger partial charge < -0.3 is 9.84 Å². The van der Waals surface area contributed by atoms with Crippen LogP contribution in [0.5, 0.6) is 0 Å². The Balaban J connectivity index is 3.07. The SMILES string of the molecule is COCc1c(F)cc(CO)cc1Cl. The normalized spacial score (nSPS) is 10.5. The van der Waals surface area contributed by atoms with Gasteiger partial charge in [0, 0.05) is 17.7 Å². The summed E-state index contributed by atoms with van der Waals surface area (Å²) >= 11 is 5.76. The smallest absolute Gasteiger partial charge is 0.130 e. The second-order valence-electron chi connectivity index (χ2n) is 2.63. The van der Waals surface area contributed by atoms with Crippen LogP contribution in [0, 0.1) is 5.82 Å². The maximum atomic E-state index is 13.2. The maximum Gasteiger partial charge on any atom is 0.130 e. The van der Waals surface area contributed by atoms with Gasteiger partial charge in [0.2, 0.25) is 0 Å². The molecule has 0 unspecified atom stereocenters. The van der Waals surface area contributed by atoms with Crippen molar-refractivity contribution in [1.82, 2.24) is 0 Å². The molecule has 0 spiro atoms. The third kappa shape index (κ3) is 2.40. The fraction of sp³-hybridized carbons (Fsp3) is 0.333. The molecule has 4 heteroatoms. The van der Waals surface area contributed by atoms with E-state index in [1.165, 1.54) is 19.2 Å². The van der Waals surface area contributed by atoms with Crippen LogP contribution >= 0.6 is 11.6 Å². The summed E-state index contributed by atoms with van der Waals surface area (Å²) in [5, 5.41) is 9.03. The van der Waals surface area contributed by atoms with Crippen molar-refractivity contribution in [2.75, 3.05) is 7.11 Å². The van der Waals surface area contributed by atoms with E-state index < -0.39 is 5.82 Å². The molecule has 0 saturated carbocycles. The molecule has 0 aliphatic carbocycles. The van der Waals surface area contributed by atoms with Gasteiger partial charge in [-0.2, -0.15) is 0 Å². The highest BCUT2D eigenvalue weighted by atomic mass is 35.5. The Bertz CT molecular complexity index is 279. The molecule has 0 atom stereocenters. The molecule has 0 amide bonds. The Morgan fingerprint density at radius 2 is 2.23 bits per heavy atom. The highest BCUT2D eigenvalue weighted by Gasteiger charge is 2.08. The number of aliphatic hydroxyl groups is 1. The minimum Gasteiger partial charge on any atom is -0.392 e. The molecule has 0 saturated heterocycles. The standard InChI is InChI=1S/C9H10ClFO2/c1-13-5-7-8(10)2-6(4-12)3-9(7)11/h2-3,12H,4-5H2,1H3. The summed E-state index contributed by atoms with van der Waals surface area (Å²) in [7, 11) is 1.47. The molecule has 0 radical (unpaired) electrons. The first kappa shape index (κ1) is 10.4. The van der Waals surface area contributed by atoms with Crippen LogP contribution in [0.3, 0.4) is 0 Å². The first-order valence-corrected chi connectivity index (χ1v) is 4.13. The predicted octanol–water partition coefficient (Wildman–Crippen LogP) is 2.12. The Hall–Kier alpha value is -0.640. The molecule has 0 bridgehead atoms. The Labute approximate surface area is 80.9 Å². The maximum absolute atomic E-state index is 13.2. The van der Waals surface area contributed by atoms with E-state index in [-0.39, 0.29) is 18.2 Å². The zero-order valence-electron chi connectivity index (χ0n) is 7.18. The molecule has 1 rings (SSSR count). The summed E-state index contributed by atoms with van der Waals surface area (Å²) in [6.07, 6.45) is 0. The summed E-state index contributed by atoms with van der Waals surface area (Å²) in [5.41, 5.74) is 0.781. The van der Waals surface area contributed by atoms with E-state index in [2.05, 4.69) is 0 Å². The van der Waals surface area contributed by atoms with Crippen LogP contribution < -0.4 is 0 Å². The van der Waals surface area contributed by atoms with Crippen molar-refractivity contribution in [3.8, 4) is 0 Å². The second-order valence-corrected chi connectivity index (χ2v) is 3.04. The minimum absolute atomic E-state index is 0.135. The number of ether oxygens (including phenoxy) is 1. The van der Waals surface area contributed by atoms with Crippen molar-refractivity contribution < 1.29 is 14.2 Å². The molecule has 0 fully saturated rings. The average molecular weight is 205 g/mol. The highest BCUT2D eigenvalue weighted by Crippen LogP contribution is 2.22. The molecular formula is C9H10ClFO2. The fourth-order valence-corrected chi connectivity index (χ4v) is 1.31. The molecule has 1 aromatic carbocycles. The van der Waals surface area contributed by atoms with Crippen LogP contribution in [0.4, 0.5) is 4.39 Å². The topological polar surface area (TPSA) is 29.5 Å². The highest BCUT2D eigenvalue weighted by molar-refractivity contribution is 6.31. The first-order chi connectivity index (χ1) is 6.19. The average Bonchev–Trinajstić information content (AvgIpc) is 2.11. The van der Waals surface area contributed by atoms with E-state index in [0.29, 0.717) is 11.1 Å². The number of hydrogen-bond acceptors (Lipinski definition) is 2. The van der Waals surface area contributed by atoms with Gasteiger partial charge in [0.05, 0.1) is 13.2 Å². The number of halogens is 2. The van der Waals surface area contributed by atoms with Crippen molar-refractivity contribution in [1.29, 1.82) is 0 Å². The third-order valence-electron chi connectivity index (χ3n) is 1.67. The van der Waals surface area contributed by atoms with Gasteiger partial charge in [0.1, 0.15) is 5.82 Å². The number of aliphatic hydroxyl groups excluding tert-OH is 1. The van der Waals surface area contributed by atoms with E-state index in [1.807, 2.05) is 0 Å². The molecule has 1 aromatic rings. The van der Waals surface area contributed by atoms with Crippen molar-refractivity contribution >= 4 is 11.6 Å². The fourth-order valence-electron chi connectivity index (χ4n) is 1.03. The summed E-state index contributed by atoms with van der Waals surface area (Å²) in [4.78, 5) is 0. The van der Waals surface area contributed by atoms with Crippen LogP contribution in [0.2, 0.25) is 5.02 Å². The van der Waals surface area contributed by atoms with Crippen molar-refractivity contribution in [2.45, 2.75) is 13.2 Å². The van der Waals surface area contributed by atoms with Gasteiger partial charge in [-0.15, -0.1) is 0 Å². The summed E-state index contributed by atoms with van der Waals surface area (Å²) in [5.74, 6) is -0.446. The quantitative estimate of drug-likeness (QED) is 0.817. The minimum atomic E-state index is -0.446. The zero-order chi connectivity index (χ0) is 9.84. The lowest BCUT2D eigenvalue weighted by molar-refractivity contribution is 0.181. The molecule has 2 nitrogen and oxygen atoms in total. The van der Waals surface area contributed by atoms with Crippen molar-refractivity contribution in [3.63, 3.8) is 0 Å². The van der Waals surface area contributed by atoms with Gasteiger partial charge in [0.15, 0.2) is 0 Å². The molecule has 13 heavy (non-hydrogen) atoms. The van der Waals surface area contributed by atoms with Gasteiger partial charge in [-0.3, -0.25) is 0 Å². The van der Waals surface area contributed by atoms with E-state index in [1.54, 1.807) is 0 Å². The van der Waals surface area contributed by atoms with Crippen LogP contribution in [0.1, 0.15) is 11.1 Å².